The van der Waals surface area contributed by atoms with Crippen LogP contribution < -0.4 is 16.4 Å². The van der Waals surface area contributed by atoms with Gasteiger partial charge in [0.25, 0.3) is 16.0 Å². The van der Waals surface area contributed by atoms with E-state index in [-0.39, 0.29) is 23.7 Å². The van der Waals surface area contributed by atoms with Crippen molar-refractivity contribution in [2.75, 3.05) is 31.1 Å². The fourth-order valence-electron chi connectivity index (χ4n) is 6.59. The molecular weight excluding hydrogens is 813 g/mol. The molecule has 2 fully saturated rings. The van der Waals surface area contributed by atoms with Gasteiger partial charge in [0.2, 0.25) is 5.91 Å². The van der Waals surface area contributed by atoms with Crippen LogP contribution in [0.15, 0.2) is 126 Å². The predicted octanol–water partition coefficient (Wildman–Crippen LogP) is 3.57. The number of nitrogens with zero attached hydrogens (tertiary/aromatic N) is 3. The highest BCUT2D eigenvalue weighted by atomic mass is 32.2. The summed E-state index contributed by atoms with van der Waals surface area (Å²) in [5.74, 6) is -3.37. The molecule has 0 bridgehead atoms. The zero-order valence-electron chi connectivity index (χ0n) is 32.5. The highest BCUT2D eigenvalue weighted by molar-refractivity contribution is 8.00. The van der Waals surface area contributed by atoms with Crippen molar-refractivity contribution in [3.8, 4) is 0 Å². The highest BCUT2D eigenvalue weighted by Gasteiger charge is 2.53. The molecule has 18 heteroatoms. The minimum atomic E-state index is -4.02. The van der Waals surface area contributed by atoms with Gasteiger partial charge in [0.05, 0.1) is 4.90 Å². The number of rotatable bonds is 10. The average Bonchev–Trinajstić information content (AvgIpc) is 3.25. The van der Waals surface area contributed by atoms with Crippen molar-refractivity contribution < 1.29 is 46.5 Å². The smallest absolute Gasteiger partial charge is 0.355 e. The van der Waals surface area contributed by atoms with E-state index in [9.17, 15) is 37.2 Å². The third kappa shape index (κ3) is 9.68. The molecule has 0 unspecified atom stereocenters. The van der Waals surface area contributed by atoms with E-state index in [2.05, 4.69) is 10.6 Å². The van der Waals surface area contributed by atoms with Gasteiger partial charge in [0.1, 0.15) is 23.2 Å². The number of benzene rings is 4. The number of esters is 1. The number of nitrogens with two attached hydrogens (primary N) is 1. The molecule has 0 aliphatic carbocycles. The minimum absolute atomic E-state index is 0.0459. The number of carbonyl (C=O) groups is 6. The number of anilines is 1. The van der Waals surface area contributed by atoms with E-state index in [4.69, 9.17) is 15.0 Å². The zero-order valence-corrected chi connectivity index (χ0v) is 34.1. The van der Waals surface area contributed by atoms with Gasteiger partial charge in [-0.25, -0.2) is 9.59 Å². The fraction of sp³-hybridized carbons (Fsp3) is 0.238. The van der Waals surface area contributed by atoms with Crippen LogP contribution in [0.25, 0.3) is 0 Å². The number of urea groups is 1. The summed E-state index contributed by atoms with van der Waals surface area (Å²) in [7, 11) is -4.02. The van der Waals surface area contributed by atoms with Crippen molar-refractivity contribution in [3.63, 3.8) is 0 Å². The van der Waals surface area contributed by atoms with Crippen LogP contribution in [-0.4, -0.2) is 100 Å². The quantitative estimate of drug-likeness (QED) is 0.0591. The number of fused-ring (bicyclic) bond motifs is 1. The minimum Gasteiger partial charge on any atom is -0.448 e. The maximum Gasteiger partial charge on any atom is 0.355 e. The number of β-lactam (4-membered cyclic amide) rings is 1. The Labute approximate surface area is 350 Å². The molecule has 0 aromatic heterocycles. The maximum atomic E-state index is 13.8. The van der Waals surface area contributed by atoms with Gasteiger partial charge in [0.15, 0.2) is 6.10 Å². The molecule has 0 saturated carbocycles. The molecule has 60 heavy (non-hydrogen) atoms. The Bertz CT molecular complexity index is 2360. The molecule has 16 nitrogen and oxygen atoms in total. The lowest BCUT2D eigenvalue weighted by Gasteiger charge is -2.48. The number of imide groups is 1. The van der Waals surface area contributed by atoms with E-state index in [1.165, 1.54) is 33.7 Å². The monoisotopic (exact) mass is 854 g/mol. The summed E-state index contributed by atoms with van der Waals surface area (Å²) in [5.41, 5.74) is 9.15. The van der Waals surface area contributed by atoms with Gasteiger partial charge in [-0.05, 0) is 60.9 Å². The van der Waals surface area contributed by atoms with Crippen LogP contribution in [0.3, 0.4) is 0 Å². The van der Waals surface area contributed by atoms with Crippen LogP contribution in [0.4, 0.5) is 10.5 Å². The number of nitrogens with one attached hydrogen (secondary N) is 2. The number of hydrogen-bond donors (Lipinski definition) is 4. The molecule has 312 valence electrons. The Morgan fingerprint density at radius 3 is 2.02 bits per heavy atom. The molecule has 3 atom stereocenters. The summed E-state index contributed by atoms with van der Waals surface area (Å²) < 4.78 is 35.6. The lowest BCUT2D eigenvalue weighted by Crippen LogP contribution is -2.71. The topological polar surface area (TPSA) is 226 Å². The van der Waals surface area contributed by atoms with E-state index in [0.717, 1.165) is 21.6 Å². The van der Waals surface area contributed by atoms with Crippen molar-refractivity contribution in [1.82, 2.24) is 25.3 Å². The summed E-state index contributed by atoms with van der Waals surface area (Å²) in [5, 5.41) is 4.66. The summed E-state index contributed by atoms with van der Waals surface area (Å²) in [6, 6.07) is 27.4. The van der Waals surface area contributed by atoms with Crippen molar-refractivity contribution in [2.45, 2.75) is 42.3 Å². The molecule has 3 heterocycles. The Hall–Kier alpha value is -6.50. The number of thioether (sulfide) groups is 1. The molecule has 5 N–H and O–H groups in total. The Morgan fingerprint density at radius 2 is 1.45 bits per heavy atom. The van der Waals surface area contributed by atoms with Crippen molar-refractivity contribution in [3.05, 3.63) is 143 Å². The second-order valence-corrected chi connectivity index (χ2v) is 16.4. The van der Waals surface area contributed by atoms with Gasteiger partial charge in [-0.3, -0.25) is 33.5 Å². The first-order valence-corrected chi connectivity index (χ1v) is 21.2. The molecule has 7 rings (SSSR count). The zero-order chi connectivity index (χ0) is 43.1. The fourth-order valence-corrected chi connectivity index (χ4v) is 8.26. The van der Waals surface area contributed by atoms with E-state index >= 15 is 0 Å². The number of aryl methyl sites for hydroxylation is 1. The lowest BCUT2D eigenvalue weighted by molar-refractivity contribution is -0.154. The lowest BCUT2D eigenvalue weighted by atomic mass is 10.0. The normalized spacial score (nSPS) is 18.0. The largest absolute Gasteiger partial charge is 0.448 e. The first kappa shape index (κ1) is 43.1. The standard InChI is InChI=1S/C35H34N6O7S.C7H8O3S/c1-2-39-18-19-40(32(45)31(39)44)35(47)38-26(21-13-15-24(36)16-14-21)29(42)37-27-30(43)41-25(17-20-49-33(27)41)34(46)48-28(22-9-5-3-6-10-22)23-11-7-4-8-12-23;1-6-2-4-7(5-3-6)11(8,9)10/h3-17,26-28,33H,2,18-20,36H2,1H3,(H,37,42)(H,38,47);2-5H,1H3,(H,8,9,10)/t26-,27-,33-;/m1./s1. The third-order valence-electron chi connectivity index (χ3n) is 9.84. The molecule has 3 aliphatic rings. The molecule has 2 saturated heterocycles. The first-order valence-electron chi connectivity index (χ1n) is 18.7. The van der Waals surface area contributed by atoms with E-state index < -0.39 is 69.3 Å². The van der Waals surface area contributed by atoms with Crippen molar-refractivity contribution >= 4 is 63.2 Å². The molecule has 0 spiro atoms. The number of likely N-dealkylation sites (N-methyl/N-ethyl adjacent to an activating group) is 1. The number of amides is 6. The van der Waals surface area contributed by atoms with Gasteiger partial charge in [0, 0.05) is 31.1 Å². The van der Waals surface area contributed by atoms with Crippen LogP contribution in [0.2, 0.25) is 0 Å². The Kier molecular flexibility index (Phi) is 13.4. The van der Waals surface area contributed by atoms with Gasteiger partial charge in [-0.15, -0.1) is 11.8 Å². The van der Waals surface area contributed by atoms with Crippen LogP contribution in [0, 0.1) is 6.92 Å². The highest BCUT2D eigenvalue weighted by Crippen LogP contribution is 2.39. The number of piperazine rings is 1. The van der Waals surface area contributed by atoms with Crippen LogP contribution in [-0.2, 0) is 38.8 Å². The van der Waals surface area contributed by atoms with Crippen LogP contribution in [0.1, 0.15) is 41.3 Å². The second-order valence-electron chi connectivity index (χ2n) is 13.8. The SMILES string of the molecule is CCN1CCN(C(=O)N[C@@H](C(=O)N[C@@H]2C(=O)N3C(C(=O)OC(c4ccccc4)c4ccccc4)=CCS[C@H]23)c2ccc(N)cc2)C(=O)C1=O.Cc1ccc(S(=O)(=O)O)cc1. The molecular formula is C42H42N6O10S2. The van der Waals surface area contributed by atoms with E-state index in [1.807, 2.05) is 67.6 Å². The Morgan fingerprint density at radius 1 is 0.850 bits per heavy atom. The van der Waals surface area contributed by atoms with Gasteiger partial charge < -0.3 is 26.0 Å². The number of carbonyl (C=O) groups excluding carboxylic acids is 6. The number of ether oxygens (including phenoxy) is 1. The summed E-state index contributed by atoms with van der Waals surface area (Å²) in [6.45, 7) is 4.00. The van der Waals surface area contributed by atoms with Gasteiger partial charge >= 0.3 is 23.8 Å². The summed E-state index contributed by atoms with van der Waals surface area (Å²) >= 11 is 1.36. The van der Waals surface area contributed by atoms with Crippen LogP contribution >= 0.6 is 11.8 Å². The average molecular weight is 855 g/mol. The molecule has 0 radical (unpaired) electrons. The third-order valence-corrected chi connectivity index (χ3v) is 11.9. The summed E-state index contributed by atoms with van der Waals surface area (Å²) in [4.78, 5) is 82.6. The van der Waals surface area contributed by atoms with Crippen molar-refractivity contribution in [2.24, 2.45) is 0 Å². The summed E-state index contributed by atoms with van der Waals surface area (Å²) in [6.07, 6.45) is 0.910. The van der Waals surface area contributed by atoms with Gasteiger partial charge in [-0.2, -0.15) is 8.42 Å². The van der Waals surface area contributed by atoms with Gasteiger partial charge in [-0.1, -0.05) is 90.5 Å². The first-order chi connectivity index (χ1) is 28.7. The van der Waals surface area contributed by atoms with Crippen molar-refractivity contribution in [1.29, 1.82) is 0 Å². The van der Waals surface area contributed by atoms with E-state index in [0.29, 0.717) is 23.5 Å². The molecule has 6 amide bonds. The molecule has 3 aliphatic heterocycles. The Balaban J connectivity index is 0.000000477. The maximum absolute atomic E-state index is 13.8. The number of nitrogen functional groups attached to an aromatic ring is 1. The van der Waals surface area contributed by atoms with E-state index in [1.54, 1.807) is 49.4 Å². The predicted molar refractivity (Wildman–Crippen MR) is 221 cm³/mol. The number of hydrogen-bond acceptors (Lipinski definition) is 11. The molecule has 4 aromatic carbocycles. The molecule has 4 aromatic rings. The second kappa shape index (κ2) is 18.6. The van der Waals surface area contributed by atoms with Crippen LogP contribution in [0.5, 0.6) is 0 Å².